The van der Waals surface area contributed by atoms with Crippen molar-refractivity contribution in [3.8, 4) is 0 Å². The van der Waals surface area contributed by atoms with Gasteiger partial charge in [0.15, 0.2) is 0 Å². The zero-order valence-electron chi connectivity index (χ0n) is 15.7. The van der Waals surface area contributed by atoms with Gasteiger partial charge in [0.1, 0.15) is 12.8 Å². The van der Waals surface area contributed by atoms with Gasteiger partial charge in [-0.05, 0) is 24.1 Å². The van der Waals surface area contributed by atoms with E-state index >= 15 is 0 Å². The minimum atomic E-state index is -1.22. The topological polar surface area (TPSA) is 66.9 Å². The lowest BCUT2D eigenvalue weighted by Gasteiger charge is -2.35. The molecule has 2 aliphatic rings. The molecular formula is C19H26N2O4Si. The van der Waals surface area contributed by atoms with E-state index in [9.17, 15) is 14.4 Å². The largest absolute Gasteiger partial charge is 0.361 e. The number of amides is 3. The number of carbonyl (C=O) groups is 3. The van der Waals surface area contributed by atoms with E-state index in [1.165, 1.54) is 4.90 Å². The summed E-state index contributed by atoms with van der Waals surface area (Å²) in [5.74, 6) is -0.674. The number of hydrogen-bond donors (Lipinski definition) is 0. The number of piperidine rings is 1. The molecule has 0 spiro atoms. The number of ether oxygens (including phenoxy) is 1. The Balaban J connectivity index is 1.64. The SMILES string of the molecule is C[Si](C)(C)CCOCN1C(=O)CCC(N2Cc3ccccc3C2=O)C1=O. The van der Waals surface area contributed by atoms with Crippen molar-refractivity contribution in [3.63, 3.8) is 0 Å². The van der Waals surface area contributed by atoms with E-state index in [0.717, 1.165) is 11.6 Å². The summed E-state index contributed by atoms with van der Waals surface area (Å²) in [4.78, 5) is 40.4. The lowest BCUT2D eigenvalue weighted by Crippen LogP contribution is -2.55. The van der Waals surface area contributed by atoms with E-state index in [2.05, 4.69) is 19.6 Å². The van der Waals surface area contributed by atoms with Gasteiger partial charge in [-0.25, -0.2) is 0 Å². The van der Waals surface area contributed by atoms with Crippen LogP contribution in [-0.4, -0.2) is 55.0 Å². The van der Waals surface area contributed by atoms with Gasteiger partial charge in [0.05, 0.1) is 0 Å². The maximum Gasteiger partial charge on any atom is 0.255 e. The van der Waals surface area contributed by atoms with Crippen LogP contribution in [0.1, 0.15) is 28.8 Å². The Labute approximate surface area is 155 Å². The summed E-state index contributed by atoms with van der Waals surface area (Å²) in [6.45, 7) is 7.70. The highest BCUT2D eigenvalue weighted by atomic mass is 28.3. The summed E-state index contributed by atoms with van der Waals surface area (Å²) in [5.41, 5.74) is 1.58. The average molecular weight is 375 g/mol. The Morgan fingerprint density at radius 3 is 2.58 bits per heavy atom. The van der Waals surface area contributed by atoms with Crippen LogP contribution in [0.3, 0.4) is 0 Å². The summed E-state index contributed by atoms with van der Waals surface area (Å²) in [6, 6.07) is 7.79. The number of rotatable bonds is 6. The second-order valence-electron chi connectivity index (χ2n) is 8.15. The molecule has 0 aliphatic carbocycles. The van der Waals surface area contributed by atoms with Crippen molar-refractivity contribution in [1.29, 1.82) is 0 Å². The van der Waals surface area contributed by atoms with Crippen LogP contribution in [0.15, 0.2) is 24.3 Å². The summed E-state index contributed by atoms with van der Waals surface area (Å²) < 4.78 is 5.61. The molecule has 1 saturated heterocycles. The fraction of sp³-hybridized carbons (Fsp3) is 0.526. The van der Waals surface area contributed by atoms with Gasteiger partial charge in [0, 0.05) is 33.2 Å². The van der Waals surface area contributed by atoms with Crippen LogP contribution in [0.4, 0.5) is 0 Å². The lowest BCUT2D eigenvalue weighted by molar-refractivity contribution is -0.158. The Morgan fingerprint density at radius 1 is 1.15 bits per heavy atom. The number of likely N-dealkylation sites (tertiary alicyclic amines) is 1. The fourth-order valence-corrected chi connectivity index (χ4v) is 4.07. The number of nitrogens with zero attached hydrogens (tertiary/aromatic N) is 2. The van der Waals surface area contributed by atoms with Crippen LogP contribution in [0, 0.1) is 0 Å². The van der Waals surface area contributed by atoms with E-state index in [1.54, 1.807) is 11.0 Å². The Bertz CT molecular complexity index is 728. The zero-order chi connectivity index (χ0) is 18.9. The van der Waals surface area contributed by atoms with Crippen LogP contribution < -0.4 is 0 Å². The molecule has 1 atom stereocenters. The second kappa shape index (κ2) is 7.32. The van der Waals surface area contributed by atoms with E-state index in [0.29, 0.717) is 25.1 Å². The quantitative estimate of drug-likeness (QED) is 0.436. The van der Waals surface area contributed by atoms with Crippen LogP contribution in [0.5, 0.6) is 0 Å². The maximum absolute atomic E-state index is 12.9. The summed E-state index contributed by atoms with van der Waals surface area (Å²) in [7, 11) is -1.22. The molecule has 0 bridgehead atoms. The van der Waals surface area contributed by atoms with Crippen molar-refractivity contribution in [2.45, 2.75) is 51.1 Å². The third-order valence-electron chi connectivity index (χ3n) is 4.93. The molecule has 1 fully saturated rings. The fourth-order valence-electron chi connectivity index (χ4n) is 3.31. The maximum atomic E-state index is 12.9. The van der Waals surface area contributed by atoms with Gasteiger partial charge in [0.25, 0.3) is 11.8 Å². The van der Waals surface area contributed by atoms with Crippen LogP contribution in [-0.2, 0) is 20.9 Å². The summed E-state index contributed by atoms with van der Waals surface area (Å²) in [5, 5.41) is 0. The summed E-state index contributed by atoms with van der Waals surface area (Å²) in [6.07, 6.45) is 0.636. The van der Waals surface area contributed by atoms with E-state index in [1.807, 2.05) is 18.2 Å². The summed E-state index contributed by atoms with van der Waals surface area (Å²) >= 11 is 0. The lowest BCUT2D eigenvalue weighted by atomic mass is 10.0. The molecule has 1 aromatic carbocycles. The normalized spacial score (nSPS) is 20.7. The molecule has 1 aromatic rings. The molecule has 3 amide bonds. The van der Waals surface area contributed by atoms with Gasteiger partial charge in [0.2, 0.25) is 5.91 Å². The van der Waals surface area contributed by atoms with Gasteiger partial charge in [-0.15, -0.1) is 0 Å². The van der Waals surface area contributed by atoms with E-state index in [-0.39, 0.29) is 30.9 Å². The molecule has 1 unspecified atom stereocenters. The molecule has 0 radical (unpaired) electrons. The third-order valence-corrected chi connectivity index (χ3v) is 6.63. The molecule has 6 nitrogen and oxygen atoms in total. The van der Waals surface area contributed by atoms with Gasteiger partial charge in [-0.2, -0.15) is 0 Å². The minimum Gasteiger partial charge on any atom is -0.361 e. The first-order valence-electron chi connectivity index (χ1n) is 9.09. The average Bonchev–Trinajstić information content (AvgIpc) is 2.90. The predicted octanol–water partition coefficient (Wildman–Crippen LogP) is 2.47. The second-order valence-corrected chi connectivity index (χ2v) is 13.8. The number of benzene rings is 1. The van der Waals surface area contributed by atoms with Gasteiger partial charge in [-0.1, -0.05) is 37.8 Å². The standard InChI is InChI=1S/C19H26N2O4Si/c1-26(2,3)11-10-25-13-21-17(22)9-8-16(19(21)24)20-12-14-6-4-5-7-15(14)18(20)23/h4-7,16H,8-13H2,1-3H3. The van der Waals surface area contributed by atoms with Crippen molar-refractivity contribution in [2.24, 2.45) is 0 Å². The number of carbonyl (C=O) groups excluding carboxylic acids is 3. The van der Waals surface area contributed by atoms with Crippen LogP contribution in [0.25, 0.3) is 0 Å². The van der Waals surface area contributed by atoms with Crippen molar-refractivity contribution in [1.82, 2.24) is 9.80 Å². The highest BCUT2D eigenvalue weighted by molar-refractivity contribution is 6.76. The number of imide groups is 1. The van der Waals surface area contributed by atoms with Crippen LogP contribution >= 0.6 is 0 Å². The van der Waals surface area contributed by atoms with E-state index < -0.39 is 14.1 Å². The Morgan fingerprint density at radius 2 is 1.88 bits per heavy atom. The smallest absolute Gasteiger partial charge is 0.255 e. The number of fused-ring (bicyclic) bond motifs is 1. The van der Waals surface area contributed by atoms with Gasteiger partial charge in [-0.3, -0.25) is 19.3 Å². The molecule has 0 N–H and O–H groups in total. The first kappa shape index (κ1) is 18.8. The molecular weight excluding hydrogens is 348 g/mol. The van der Waals surface area contributed by atoms with Gasteiger partial charge >= 0.3 is 0 Å². The van der Waals surface area contributed by atoms with Gasteiger partial charge < -0.3 is 9.64 Å². The van der Waals surface area contributed by atoms with Crippen molar-refractivity contribution < 1.29 is 19.1 Å². The molecule has 0 aromatic heterocycles. The predicted molar refractivity (Wildman–Crippen MR) is 100 cm³/mol. The van der Waals surface area contributed by atoms with Crippen LogP contribution in [0.2, 0.25) is 25.7 Å². The van der Waals surface area contributed by atoms with Crippen molar-refractivity contribution in [2.75, 3.05) is 13.3 Å². The highest BCUT2D eigenvalue weighted by Gasteiger charge is 2.42. The first-order valence-corrected chi connectivity index (χ1v) is 12.8. The molecule has 3 rings (SSSR count). The Hall–Kier alpha value is -1.99. The Kier molecular flexibility index (Phi) is 5.29. The highest BCUT2D eigenvalue weighted by Crippen LogP contribution is 2.28. The van der Waals surface area contributed by atoms with E-state index in [4.69, 9.17) is 4.74 Å². The molecule has 26 heavy (non-hydrogen) atoms. The van der Waals surface area contributed by atoms with Crippen molar-refractivity contribution in [3.05, 3.63) is 35.4 Å². The zero-order valence-corrected chi connectivity index (χ0v) is 16.7. The number of hydrogen-bond acceptors (Lipinski definition) is 4. The molecule has 2 heterocycles. The molecule has 2 aliphatic heterocycles. The van der Waals surface area contributed by atoms with Crippen molar-refractivity contribution >= 4 is 25.8 Å². The molecule has 7 heteroatoms. The molecule has 140 valence electrons. The first-order chi connectivity index (χ1) is 12.3. The third kappa shape index (κ3) is 3.88. The monoisotopic (exact) mass is 374 g/mol. The minimum absolute atomic E-state index is 0.0202. The molecule has 0 saturated carbocycles.